The van der Waals surface area contributed by atoms with E-state index in [1.54, 1.807) is 0 Å². The summed E-state index contributed by atoms with van der Waals surface area (Å²) in [5.41, 5.74) is 3.58. The second kappa shape index (κ2) is 12.6. The van der Waals surface area contributed by atoms with Crippen LogP contribution in [0.5, 0.6) is 0 Å². The van der Waals surface area contributed by atoms with E-state index in [4.69, 9.17) is 9.73 Å². The average molecular weight is 495 g/mol. The summed E-state index contributed by atoms with van der Waals surface area (Å²) in [6, 6.07) is 14.5. The molecule has 3 rings (SSSR count). The van der Waals surface area contributed by atoms with Gasteiger partial charge in [0.1, 0.15) is 0 Å². The first-order chi connectivity index (χ1) is 13.4. The molecule has 28 heavy (non-hydrogen) atoms. The van der Waals surface area contributed by atoms with E-state index < -0.39 is 0 Å². The predicted octanol–water partition coefficient (Wildman–Crippen LogP) is 2.83. The van der Waals surface area contributed by atoms with E-state index >= 15 is 0 Å². The molecule has 7 heteroatoms. The van der Waals surface area contributed by atoms with Crippen molar-refractivity contribution in [2.24, 2.45) is 4.99 Å². The fourth-order valence-electron chi connectivity index (χ4n) is 3.12. The highest BCUT2D eigenvalue weighted by molar-refractivity contribution is 14.0. The molecule has 152 valence electrons. The number of halogens is 1. The minimum Gasteiger partial charge on any atom is -0.378 e. The number of nitrogens with zero attached hydrogens (tertiary/aromatic N) is 3. The van der Waals surface area contributed by atoms with Crippen molar-refractivity contribution >= 4 is 35.6 Å². The molecule has 0 saturated carbocycles. The van der Waals surface area contributed by atoms with Crippen LogP contribution < -0.4 is 15.5 Å². The number of aliphatic imine (C=N–C) groups is 1. The first kappa shape index (κ1) is 22.4. The maximum atomic E-state index is 5.48. The molecule has 0 radical (unpaired) electrons. The van der Waals surface area contributed by atoms with Crippen molar-refractivity contribution in [2.75, 3.05) is 44.3 Å². The highest BCUT2D eigenvalue weighted by Gasteiger charge is 2.14. The van der Waals surface area contributed by atoms with Crippen molar-refractivity contribution in [3.63, 3.8) is 0 Å². The Morgan fingerprint density at radius 2 is 1.89 bits per heavy atom. The van der Waals surface area contributed by atoms with E-state index in [0.717, 1.165) is 57.5 Å². The lowest BCUT2D eigenvalue weighted by atomic mass is 10.1. The van der Waals surface area contributed by atoms with Crippen LogP contribution in [0.25, 0.3) is 0 Å². The zero-order valence-electron chi connectivity index (χ0n) is 16.4. The summed E-state index contributed by atoms with van der Waals surface area (Å²) in [6.45, 7) is 7.80. The molecule has 0 unspecified atom stereocenters. The van der Waals surface area contributed by atoms with Crippen molar-refractivity contribution in [1.82, 2.24) is 15.6 Å². The fourth-order valence-corrected chi connectivity index (χ4v) is 3.12. The number of hydrogen-bond donors (Lipinski definition) is 2. The summed E-state index contributed by atoms with van der Waals surface area (Å²) in [4.78, 5) is 11.5. The van der Waals surface area contributed by atoms with Crippen LogP contribution >= 0.6 is 24.0 Å². The number of benzene rings is 1. The van der Waals surface area contributed by atoms with Gasteiger partial charge in [-0.2, -0.15) is 0 Å². The molecular weight excluding hydrogens is 465 g/mol. The number of rotatable bonds is 7. The smallest absolute Gasteiger partial charge is 0.191 e. The van der Waals surface area contributed by atoms with Crippen LogP contribution in [-0.2, 0) is 17.7 Å². The van der Waals surface area contributed by atoms with E-state index in [0.29, 0.717) is 6.54 Å². The summed E-state index contributed by atoms with van der Waals surface area (Å²) < 4.78 is 5.48. The van der Waals surface area contributed by atoms with Gasteiger partial charge in [0.2, 0.25) is 0 Å². The van der Waals surface area contributed by atoms with E-state index in [1.807, 2.05) is 24.4 Å². The van der Waals surface area contributed by atoms with Gasteiger partial charge in [0.15, 0.2) is 5.96 Å². The Hall–Kier alpha value is -1.87. The number of para-hydroxylation sites is 1. The van der Waals surface area contributed by atoms with Crippen LogP contribution in [0.15, 0.2) is 53.7 Å². The normalized spacial score (nSPS) is 14.3. The Labute approximate surface area is 184 Å². The molecular formula is C21H30IN5O. The molecule has 1 aromatic carbocycles. The first-order valence-corrected chi connectivity index (χ1v) is 9.69. The number of nitrogens with one attached hydrogen (secondary N) is 2. The Kier molecular flexibility index (Phi) is 10.1. The second-order valence-electron chi connectivity index (χ2n) is 6.42. The minimum absolute atomic E-state index is 0. The van der Waals surface area contributed by atoms with E-state index in [9.17, 15) is 0 Å². The molecule has 2 aromatic rings. The number of aromatic nitrogens is 1. The third kappa shape index (κ3) is 6.94. The molecule has 1 aliphatic rings. The van der Waals surface area contributed by atoms with Crippen molar-refractivity contribution in [3.05, 3.63) is 59.9 Å². The maximum Gasteiger partial charge on any atom is 0.191 e. The Bertz CT molecular complexity index is 720. The van der Waals surface area contributed by atoms with Gasteiger partial charge in [-0.25, -0.2) is 4.99 Å². The number of ether oxygens (including phenoxy) is 1. The number of anilines is 1. The molecule has 0 amide bonds. The summed E-state index contributed by atoms with van der Waals surface area (Å²) >= 11 is 0. The summed E-state index contributed by atoms with van der Waals surface area (Å²) in [5, 5.41) is 6.73. The number of hydrogen-bond acceptors (Lipinski definition) is 4. The number of guanidine groups is 1. The highest BCUT2D eigenvalue weighted by atomic mass is 127. The minimum atomic E-state index is 0. The average Bonchev–Trinajstić information content (AvgIpc) is 2.74. The van der Waals surface area contributed by atoms with Gasteiger partial charge in [-0.15, -0.1) is 24.0 Å². The van der Waals surface area contributed by atoms with Gasteiger partial charge in [-0.1, -0.05) is 24.3 Å². The van der Waals surface area contributed by atoms with Crippen molar-refractivity contribution in [3.8, 4) is 0 Å². The second-order valence-corrected chi connectivity index (χ2v) is 6.42. The standard InChI is InChI=1S/C21H29N5O.HI/c1-2-22-21(24-12-10-19-8-5-6-11-23-19)25-17-18-7-3-4-9-20(18)26-13-15-27-16-14-26;/h3-9,11H,2,10,12-17H2,1H3,(H2,22,24,25);1H. The molecule has 0 spiro atoms. The topological polar surface area (TPSA) is 61.8 Å². The van der Waals surface area contributed by atoms with Crippen LogP contribution in [0.2, 0.25) is 0 Å². The van der Waals surface area contributed by atoms with Gasteiger partial charge in [0.25, 0.3) is 0 Å². The third-order valence-corrected chi connectivity index (χ3v) is 4.49. The Morgan fingerprint density at radius 3 is 2.64 bits per heavy atom. The number of morpholine rings is 1. The van der Waals surface area contributed by atoms with Crippen molar-refractivity contribution in [1.29, 1.82) is 0 Å². The van der Waals surface area contributed by atoms with E-state index in [1.165, 1.54) is 11.3 Å². The lowest BCUT2D eigenvalue weighted by molar-refractivity contribution is 0.122. The number of pyridine rings is 1. The summed E-state index contributed by atoms with van der Waals surface area (Å²) in [6.07, 6.45) is 2.70. The van der Waals surface area contributed by atoms with Crippen LogP contribution in [-0.4, -0.2) is 50.3 Å². The van der Waals surface area contributed by atoms with Gasteiger partial charge < -0.3 is 20.3 Å². The molecule has 1 saturated heterocycles. The molecule has 1 aromatic heterocycles. The van der Waals surface area contributed by atoms with Crippen LogP contribution in [0.1, 0.15) is 18.2 Å². The lowest BCUT2D eigenvalue weighted by Crippen LogP contribution is -2.38. The van der Waals surface area contributed by atoms with Gasteiger partial charge in [0.05, 0.1) is 19.8 Å². The molecule has 1 fully saturated rings. The van der Waals surface area contributed by atoms with Crippen LogP contribution in [0.4, 0.5) is 5.69 Å². The largest absolute Gasteiger partial charge is 0.378 e. The molecule has 6 nitrogen and oxygen atoms in total. The van der Waals surface area contributed by atoms with Gasteiger partial charge in [-0.3, -0.25) is 4.98 Å². The lowest BCUT2D eigenvalue weighted by Gasteiger charge is -2.30. The molecule has 1 aliphatic heterocycles. The molecule has 2 heterocycles. The van der Waals surface area contributed by atoms with Gasteiger partial charge >= 0.3 is 0 Å². The van der Waals surface area contributed by atoms with Crippen molar-refractivity contribution < 1.29 is 4.74 Å². The predicted molar refractivity (Wildman–Crippen MR) is 126 cm³/mol. The first-order valence-electron chi connectivity index (χ1n) is 9.69. The summed E-state index contributed by atoms with van der Waals surface area (Å²) in [5.74, 6) is 0.838. The molecule has 0 bridgehead atoms. The Morgan fingerprint density at radius 1 is 1.11 bits per heavy atom. The quantitative estimate of drug-likeness (QED) is 0.352. The monoisotopic (exact) mass is 495 g/mol. The SMILES string of the molecule is CCNC(=NCc1ccccc1N1CCOCC1)NCCc1ccccn1.I. The molecule has 0 aliphatic carbocycles. The highest BCUT2D eigenvalue weighted by Crippen LogP contribution is 2.22. The van der Waals surface area contributed by atoms with Crippen LogP contribution in [0.3, 0.4) is 0 Å². The van der Waals surface area contributed by atoms with Crippen molar-refractivity contribution in [2.45, 2.75) is 19.9 Å². The fraction of sp³-hybridized carbons (Fsp3) is 0.429. The van der Waals surface area contributed by atoms with Crippen LogP contribution in [0, 0.1) is 0 Å². The zero-order chi connectivity index (χ0) is 18.7. The van der Waals surface area contributed by atoms with Gasteiger partial charge in [0, 0.05) is 50.2 Å². The third-order valence-electron chi connectivity index (χ3n) is 4.49. The van der Waals surface area contributed by atoms with E-state index in [-0.39, 0.29) is 24.0 Å². The van der Waals surface area contributed by atoms with Gasteiger partial charge in [-0.05, 0) is 30.7 Å². The molecule has 0 atom stereocenters. The Balaban J connectivity index is 0.00000280. The maximum absolute atomic E-state index is 5.48. The molecule has 2 N–H and O–H groups in total. The van der Waals surface area contributed by atoms with E-state index in [2.05, 4.69) is 51.7 Å². The summed E-state index contributed by atoms with van der Waals surface area (Å²) in [7, 11) is 0. The zero-order valence-corrected chi connectivity index (χ0v) is 18.8.